The van der Waals surface area contributed by atoms with Crippen molar-refractivity contribution in [3.05, 3.63) is 54.6 Å². The largest absolute Gasteiger partial charge is 0.457 e. The third-order valence-corrected chi connectivity index (χ3v) is 3.97. The summed E-state index contributed by atoms with van der Waals surface area (Å²) in [4.78, 5) is 10.5. The third kappa shape index (κ3) is 4.97. The predicted molar refractivity (Wildman–Crippen MR) is 101 cm³/mol. The Bertz CT molecular complexity index is 734. The Morgan fingerprint density at radius 2 is 1.48 bits per heavy atom. The lowest BCUT2D eigenvalue weighted by molar-refractivity contribution is 0.339. The molecule has 0 atom stereocenters. The van der Waals surface area contributed by atoms with E-state index in [1.807, 2.05) is 59.5 Å². The van der Waals surface area contributed by atoms with Crippen molar-refractivity contribution in [1.82, 2.24) is 4.90 Å². The molecule has 0 amide bonds. The average Bonchev–Trinajstić information content (AvgIpc) is 2.65. The van der Waals surface area contributed by atoms with E-state index >= 15 is 0 Å². The molecule has 1 aliphatic rings. The molecule has 130 valence electrons. The normalized spacial score (nSPS) is 15.9. The van der Waals surface area contributed by atoms with Gasteiger partial charge in [-0.3, -0.25) is 0 Å². The average molecular weight is 337 g/mol. The number of rotatable bonds is 3. The summed E-state index contributed by atoms with van der Waals surface area (Å²) in [7, 11) is 0. The van der Waals surface area contributed by atoms with Crippen LogP contribution in [0, 0.1) is 0 Å². The van der Waals surface area contributed by atoms with Crippen LogP contribution in [0.15, 0.2) is 64.6 Å². The van der Waals surface area contributed by atoms with Gasteiger partial charge in [0.25, 0.3) is 0 Å². The molecule has 0 saturated carbocycles. The molecule has 0 aliphatic carbocycles. The van der Waals surface area contributed by atoms with Crippen LogP contribution in [-0.2, 0) is 0 Å². The molecule has 2 aromatic carbocycles. The van der Waals surface area contributed by atoms with Gasteiger partial charge in [0.2, 0.25) is 5.96 Å². The molecule has 0 bridgehead atoms. The van der Waals surface area contributed by atoms with E-state index in [1.54, 1.807) is 0 Å². The number of para-hydroxylation sites is 1. The van der Waals surface area contributed by atoms with Crippen molar-refractivity contribution in [1.29, 1.82) is 0 Å². The fourth-order valence-corrected chi connectivity index (χ4v) is 2.68. The van der Waals surface area contributed by atoms with Gasteiger partial charge in [-0.25, -0.2) is 4.99 Å². The van der Waals surface area contributed by atoms with E-state index in [-0.39, 0.29) is 5.96 Å². The molecule has 1 heterocycles. The lowest BCUT2D eigenvalue weighted by Gasteiger charge is -2.27. The van der Waals surface area contributed by atoms with E-state index in [1.165, 1.54) is 6.42 Å². The number of piperidine rings is 1. The Morgan fingerprint density at radius 3 is 2.16 bits per heavy atom. The van der Waals surface area contributed by atoms with Gasteiger partial charge in [-0.15, -0.1) is 0 Å². The molecule has 0 unspecified atom stereocenters. The summed E-state index contributed by atoms with van der Waals surface area (Å²) in [6.45, 7) is 1.85. The van der Waals surface area contributed by atoms with E-state index in [9.17, 15) is 0 Å². The highest BCUT2D eigenvalue weighted by atomic mass is 16.5. The molecule has 1 fully saturated rings. The van der Waals surface area contributed by atoms with Crippen LogP contribution in [0.3, 0.4) is 0 Å². The zero-order chi connectivity index (χ0) is 17.5. The highest BCUT2D eigenvalue weighted by Gasteiger charge is 2.12. The second-order valence-corrected chi connectivity index (χ2v) is 5.90. The second-order valence-electron chi connectivity index (χ2n) is 5.90. The van der Waals surface area contributed by atoms with E-state index < -0.39 is 0 Å². The number of ether oxygens (including phenoxy) is 1. The van der Waals surface area contributed by atoms with Gasteiger partial charge in [0.05, 0.1) is 5.69 Å². The first kappa shape index (κ1) is 16.8. The van der Waals surface area contributed by atoms with Crippen LogP contribution in [0.2, 0.25) is 0 Å². The van der Waals surface area contributed by atoms with Crippen molar-refractivity contribution in [2.75, 3.05) is 13.1 Å². The number of aliphatic imine (C=N–C) groups is 2. The first-order chi connectivity index (χ1) is 12.2. The van der Waals surface area contributed by atoms with Crippen LogP contribution in [0.4, 0.5) is 5.69 Å². The van der Waals surface area contributed by atoms with Gasteiger partial charge < -0.3 is 21.1 Å². The highest BCUT2D eigenvalue weighted by molar-refractivity contribution is 5.94. The van der Waals surface area contributed by atoms with Gasteiger partial charge in [-0.2, -0.15) is 4.99 Å². The monoisotopic (exact) mass is 337 g/mol. The van der Waals surface area contributed by atoms with Crippen LogP contribution < -0.4 is 16.2 Å². The van der Waals surface area contributed by atoms with Crippen molar-refractivity contribution in [2.45, 2.75) is 19.3 Å². The van der Waals surface area contributed by atoms with E-state index in [2.05, 4.69) is 9.98 Å². The summed E-state index contributed by atoms with van der Waals surface area (Å²) < 4.78 is 5.75. The number of nitrogens with zero attached hydrogens (tertiary/aromatic N) is 3. The minimum absolute atomic E-state index is 0.153. The zero-order valence-electron chi connectivity index (χ0n) is 14.1. The Balaban J connectivity index is 1.64. The van der Waals surface area contributed by atoms with Crippen LogP contribution in [0.1, 0.15) is 19.3 Å². The van der Waals surface area contributed by atoms with Crippen LogP contribution in [-0.4, -0.2) is 29.9 Å². The van der Waals surface area contributed by atoms with Gasteiger partial charge in [0.1, 0.15) is 11.5 Å². The molecule has 0 aromatic heterocycles. The van der Waals surface area contributed by atoms with Crippen molar-refractivity contribution in [2.24, 2.45) is 21.5 Å². The topological polar surface area (TPSA) is 89.2 Å². The quantitative estimate of drug-likeness (QED) is 0.665. The highest BCUT2D eigenvalue weighted by Crippen LogP contribution is 2.23. The van der Waals surface area contributed by atoms with Gasteiger partial charge in [-0.05, 0) is 55.7 Å². The zero-order valence-corrected chi connectivity index (χ0v) is 14.1. The van der Waals surface area contributed by atoms with Crippen molar-refractivity contribution >= 4 is 17.6 Å². The Kier molecular flexibility index (Phi) is 5.51. The summed E-state index contributed by atoms with van der Waals surface area (Å²) in [6.07, 6.45) is 3.51. The minimum Gasteiger partial charge on any atom is -0.457 e. The molecule has 6 heteroatoms. The standard InChI is InChI=1S/C19H23N5O/c20-18(23-19(21)24-13-5-2-6-14-24)22-15-9-11-17(12-10-15)25-16-7-3-1-4-8-16/h1,3-4,7-12H,2,5-6,13-14H2,(H4,20,21,22,23). The van der Waals surface area contributed by atoms with Gasteiger partial charge in [-0.1, -0.05) is 18.2 Å². The number of benzene rings is 2. The maximum atomic E-state index is 6.01. The number of nitrogens with two attached hydrogens (primary N) is 2. The molecule has 0 radical (unpaired) electrons. The van der Waals surface area contributed by atoms with E-state index in [4.69, 9.17) is 16.2 Å². The summed E-state index contributed by atoms with van der Waals surface area (Å²) >= 11 is 0. The van der Waals surface area contributed by atoms with Gasteiger partial charge in [0, 0.05) is 13.1 Å². The summed E-state index contributed by atoms with van der Waals surface area (Å²) in [5.41, 5.74) is 12.6. The van der Waals surface area contributed by atoms with Crippen LogP contribution >= 0.6 is 0 Å². The number of guanidine groups is 2. The summed E-state index contributed by atoms with van der Waals surface area (Å²) in [5, 5.41) is 0. The van der Waals surface area contributed by atoms with Crippen LogP contribution in [0.5, 0.6) is 11.5 Å². The Morgan fingerprint density at radius 1 is 0.840 bits per heavy atom. The molecule has 3 rings (SSSR count). The summed E-state index contributed by atoms with van der Waals surface area (Å²) in [5.74, 6) is 2.11. The van der Waals surface area contributed by atoms with Gasteiger partial charge in [0.15, 0.2) is 5.96 Å². The second kappa shape index (κ2) is 8.19. The molecule has 4 N–H and O–H groups in total. The van der Waals surface area contributed by atoms with Crippen molar-refractivity contribution < 1.29 is 4.74 Å². The molecule has 2 aromatic rings. The fraction of sp³-hybridized carbons (Fsp3) is 0.263. The molecule has 0 spiro atoms. The molecular formula is C19H23N5O. The molecule has 1 saturated heterocycles. The number of hydrogen-bond donors (Lipinski definition) is 2. The molecular weight excluding hydrogens is 314 g/mol. The number of likely N-dealkylation sites (tertiary alicyclic amines) is 1. The van der Waals surface area contributed by atoms with Gasteiger partial charge >= 0.3 is 0 Å². The molecule has 25 heavy (non-hydrogen) atoms. The lowest BCUT2D eigenvalue weighted by Crippen LogP contribution is -2.41. The van der Waals surface area contributed by atoms with Crippen molar-refractivity contribution in [3.8, 4) is 11.5 Å². The fourth-order valence-electron chi connectivity index (χ4n) is 2.68. The maximum Gasteiger partial charge on any atom is 0.223 e. The summed E-state index contributed by atoms with van der Waals surface area (Å²) in [6, 6.07) is 17.0. The molecule has 1 aliphatic heterocycles. The smallest absolute Gasteiger partial charge is 0.223 e. The maximum absolute atomic E-state index is 6.01. The van der Waals surface area contributed by atoms with Crippen molar-refractivity contribution in [3.63, 3.8) is 0 Å². The predicted octanol–water partition coefficient (Wildman–Crippen LogP) is 3.23. The minimum atomic E-state index is 0.153. The number of hydrogen-bond acceptors (Lipinski definition) is 2. The lowest BCUT2D eigenvalue weighted by atomic mass is 10.1. The van der Waals surface area contributed by atoms with E-state index in [0.29, 0.717) is 11.6 Å². The SMILES string of the molecule is NC(=Nc1ccc(Oc2ccccc2)cc1)N=C(N)N1CCCCC1. The third-order valence-electron chi connectivity index (χ3n) is 3.97. The Hall–Kier alpha value is -3.02. The Labute approximate surface area is 147 Å². The first-order valence-corrected chi connectivity index (χ1v) is 8.47. The first-order valence-electron chi connectivity index (χ1n) is 8.47. The van der Waals surface area contributed by atoms with Crippen LogP contribution in [0.25, 0.3) is 0 Å². The molecule has 6 nitrogen and oxygen atoms in total. The van der Waals surface area contributed by atoms with E-state index in [0.717, 1.165) is 37.4 Å².